The van der Waals surface area contributed by atoms with Crippen molar-refractivity contribution in [2.45, 2.75) is 32.8 Å². The quantitative estimate of drug-likeness (QED) is 0.531. The molecule has 3 aromatic rings. The van der Waals surface area contributed by atoms with E-state index in [1.807, 2.05) is 6.92 Å². The lowest BCUT2D eigenvalue weighted by molar-refractivity contribution is -0.147. The Morgan fingerprint density at radius 1 is 1.23 bits per heavy atom. The number of nitrogens with one attached hydrogen (secondary N) is 1. The number of benzene rings is 2. The molecular weight excluding hydrogens is 432 g/mol. The third-order valence-electron chi connectivity index (χ3n) is 4.83. The van der Waals surface area contributed by atoms with Gasteiger partial charge in [0.1, 0.15) is 11.6 Å². The Bertz CT molecular complexity index is 1180. The molecule has 5 nitrogen and oxygen atoms in total. The van der Waals surface area contributed by atoms with E-state index in [1.54, 1.807) is 18.2 Å². The number of fused-ring (bicyclic) bond motifs is 1. The van der Waals surface area contributed by atoms with Gasteiger partial charge in [0.2, 0.25) is 0 Å². The molecule has 1 atom stereocenters. The minimum Gasteiger partial charge on any atom is -0.478 e. The van der Waals surface area contributed by atoms with Crippen LogP contribution in [-0.4, -0.2) is 24.2 Å². The van der Waals surface area contributed by atoms with Crippen molar-refractivity contribution >= 4 is 40.1 Å². The molecule has 1 N–H and O–H groups in total. The van der Waals surface area contributed by atoms with Crippen LogP contribution in [0.2, 0.25) is 10.0 Å². The van der Waals surface area contributed by atoms with E-state index >= 15 is 0 Å². The Labute approximate surface area is 182 Å². The second kappa shape index (κ2) is 9.06. The molecule has 0 aliphatic rings. The molecule has 0 fully saturated rings. The molecule has 0 aliphatic carbocycles. The highest BCUT2D eigenvalue weighted by atomic mass is 35.5. The number of methoxy groups -OCH3 is 1. The lowest BCUT2D eigenvalue weighted by atomic mass is 9.99. The molecule has 30 heavy (non-hydrogen) atoms. The number of aromatic amines is 1. The molecule has 0 radical (unpaired) electrons. The first-order valence-electron chi connectivity index (χ1n) is 9.31. The molecule has 0 saturated carbocycles. The highest BCUT2D eigenvalue weighted by molar-refractivity contribution is 6.35. The first-order chi connectivity index (χ1) is 14.3. The summed E-state index contributed by atoms with van der Waals surface area (Å²) in [5.41, 5.74) is 1.38. The van der Waals surface area contributed by atoms with Gasteiger partial charge < -0.3 is 14.5 Å². The van der Waals surface area contributed by atoms with E-state index in [0.717, 1.165) is 0 Å². The molecule has 0 spiro atoms. The van der Waals surface area contributed by atoms with E-state index in [4.69, 9.17) is 27.9 Å². The average molecular weight is 452 g/mol. The van der Waals surface area contributed by atoms with Gasteiger partial charge in [-0.1, -0.05) is 36.2 Å². The minimum atomic E-state index is -0.969. The van der Waals surface area contributed by atoms with Crippen LogP contribution in [0, 0.1) is 5.82 Å². The van der Waals surface area contributed by atoms with E-state index in [9.17, 15) is 14.0 Å². The lowest BCUT2D eigenvalue weighted by Crippen LogP contribution is -2.26. The number of aryl methyl sites for hydroxylation is 1. The van der Waals surface area contributed by atoms with Crippen LogP contribution in [0.25, 0.3) is 10.9 Å². The summed E-state index contributed by atoms with van der Waals surface area (Å²) in [5, 5.41) is 0.948. The van der Waals surface area contributed by atoms with E-state index < -0.39 is 23.3 Å². The van der Waals surface area contributed by atoms with E-state index in [1.165, 1.54) is 26.2 Å². The van der Waals surface area contributed by atoms with Gasteiger partial charge in [-0.3, -0.25) is 4.79 Å². The van der Waals surface area contributed by atoms with Crippen LogP contribution >= 0.6 is 23.2 Å². The molecule has 0 aliphatic heterocycles. The Morgan fingerprint density at radius 3 is 2.60 bits per heavy atom. The number of hydrogen-bond acceptors (Lipinski definition) is 4. The molecule has 0 saturated heterocycles. The largest absolute Gasteiger partial charge is 0.478 e. The minimum absolute atomic E-state index is 0.0253. The van der Waals surface area contributed by atoms with E-state index in [-0.39, 0.29) is 23.1 Å². The van der Waals surface area contributed by atoms with Gasteiger partial charge in [-0.2, -0.15) is 0 Å². The second-order valence-corrected chi connectivity index (χ2v) is 7.60. The third-order valence-corrected chi connectivity index (χ3v) is 5.42. The van der Waals surface area contributed by atoms with Crippen molar-refractivity contribution in [3.05, 3.63) is 73.2 Å². The SMILES string of the molecule is CCc1[nH]c2c(F)ccc(O[C@@H](C)C(=O)OC)c2c(=O)c1Cc1ccc(Cl)cc1Cl. The fourth-order valence-corrected chi connectivity index (χ4v) is 3.74. The number of carbonyl (C=O) groups excluding carboxylic acids is 1. The Balaban J connectivity index is 2.20. The van der Waals surface area contributed by atoms with Gasteiger partial charge in [0.25, 0.3) is 0 Å². The molecule has 158 valence electrons. The lowest BCUT2D eigenvalue weighted by Gasteiger charge is -2.17. The summed E-state index contributed by atoms with van der Waals surface area (Å²) >= 11 is 12.3. The van der Waals surface area contributed by atoms with Crippen LogP contribution in [0.4, 0.5) is 4.39 Å². The molecule has 0 bridgehead atoms. The summed E-state index contributed by atoms with van der Waals surface area (Å²) in [7, 11) is 1.24. The van der Waals surface area contributed by atoms with Crippen LogP contribution in [0.1, 0.15) is 30.7 Å². The number of ether oxygens (including phenoxy) is 2. The van der Waals surface area contributed by atoms with Gasteiger partial charge in [-0.25, -0.2) is 9.18 Å². The number of hydrogen-bond donors (Lipinski definition) is 1. The zero-order valence-electron chi connectivity index (χ0n) is 16.6. The first kappa shape index (κ1) is 22.1. The van der Waals surface area contributed by atoms with Crippen LogP contribution in [0.5, 0.6) is 5.75 Å². The van der Waals surface area contributed by atoms with Crippen molar-refractivity contribution in [1.29, 1.82) is 0 Å². The normalized spacial score (nSPS) is 12.1. The summed E-state index contributed by atoms with van der Waals surface area (Å²) in [6.45, 7) is 3.35. The van der Waals surface area contributed by atoms with Gasteiger partial charge in [0.15, 0.2) is 11.5 Å². The molecular formula is C22H20Cl2FNO4. The topological polar surface area (TPSA) is 68.4 Å². The Morgan fingerprint density at radius 2 is 1.97 bits per heavy atom. The maximum absolute atomic E-state index is 14.5. The summed E-state index contributed by atoms with van der Waals surface area (Å²) in [5.74, 6) is -1.11. The average Bonchev–Trinajstić information content (AvgIpc) is 2.72. The summed E-state index contributed by atoms with van der Waals surface area (Å²) in [6.07, 6.45) is -0.259. The van der Waals surface area contributed by atoms with Crippen molar-refractivity contribution in [3.63, 3.8) is 0 Å². The number of rotatable bonds is 6. The molecule has 0 unspecified atom stereocenters. The highest BCUT2D eigenvalue weighted by Gasteiger charge is 2.22. The Kier molecular flexibility index (Phi) is 6.68. The summed E-state index contributed by atoms with van der Waals surface area (Å²) in [6, 6.07) is 7.56. The van der Waals surface area contributed by atoms with E-state index in [2.05, 4.69) is 9.72 Å². The van der Waals surface area contributed by atoms with Gasteiger partial charge in [0, 0.05) is 27.7 Å². The Hall–Kier alpha value is -2.57. The molecule has 2 aromatic carbocycles. The number of halogens is 3. The van der Waals surface area contributed by atoms with Gasteiger partial charge in [-0.05, 0) is 43.2 Å². The van der Waals surface area contributed by atoms with Crippen LogP contribution in [0.3, 0.4) is 0 Å². The highest BCUT2D eigenvalue weighted by Crippen LogP contribution is 2.29. The van der Waals surface area contributed by atoms with Gasteiger partial charge >= 0.3 is 5.97 Å². The standard InChI is InChI=1S/C22H20Cl2FNO4/c1-4-17-14(9-12-5-6-13(23)10-15(12)24)21(27)19-18(30-11(2)22(28)29-3)8-7-16(25)20(19)26-17/h5-8,10-11H,4,9H2,1-3H3,(H,26,27)/t11-/m0/s1. The summed E-state index contributed by atoms with van der Waals surface area (Å²) in [4.78, 5) is 28.2. The van der Waals surface area contributed by atoms with Crippen molar-refractivity contribution in [3.8, 4) is 5.75 Å². The number of pyridine rings is 1. The van der Waals surface area contributed by atoms with Crippen molar-refractivity contribution < 1.29 is 18.7 Å². The zero-order valence-corrected chi connectivity index (χ0v) is 18.2. The molecule has 3 rings (SSSR count). The van der Waals surface area contributed by atoms with Crippen molar-refractivity contribution in [2.24, 2.45) is 0 Å². The predicted molar refractivity (Wildman–Crippen MR) is 115 cm³/mol. The third kappa shape index (κ3) is 4.30. The van der Waals surface area contributed by atoms with Crippen LogP contribution in [0.15, 0.2) is 35.1 Å². The number of carbonyl (C=O) groups is 1. The molecule has 1 heterocycles. The predicted octanol–water partition coefficient (Wildman–Crippen LogP) is 5.07. The summed E-state index contributed by atoms with van der Waals surface area (Å²) < 4.78 is 24.8. The van der Waals surface area contributed by atoms with Crippen LogP contribution in [-0.2, 0) is 22.4 Å². The van der Waals surface area contributed by atoms with Crippen molar-refractivity contribution in [2.75, 3.05) is 7.11 Å². The smallest absolute Gasteiger partial charge is 0.346 e. The monoisotopic (exact) mass is 451 g/mol. The maximum atomic E-state index is 14.5. The fraction of sp³-hybridized carbons (Fsp3) is 0.273. The molecule has 8 heteroatoms. The number of H-pyrrole nitrogens is 1. The van der Waals surface area contributed by atoms with E-state index in [0.29, 0.717) is 33.3 Å². The van der Waals surface area contributed by atoms with Gasteiger partial charge in [-0.15, -0.1) is 0 Å². The molecule has 1 aromatic heterocycles. The van der Waals surface area contributed by atoms with Gasteiger partial charge in [0.05, 0.1) is 18.0 Å². The van der Waals surface area contributed by atoms with Crippen molar-refractivity contribution in [1.82, 2.24) is 4.98 Å². The van der Waals surface area contributed by atoms with Crippen LogP contribution < -0.4 is 10.2 Å². The maximum Gasteiger partial charge on any atom is 0.346 e. The number of aromatic nitrogens is 1. The molecule has 0 amide bonds. The fourth-order valence-electron chi connectivity index (χ4n) is 3.27. The second-order valence-electron chi connectivity index (χ2n) is 6.76. The number of esters is 1. The zero-order chi connectivity index (χ0) is 22.0. The first-order valence-corrected chi connectivity index (χ1v) is 10.1.